The van der Waals surface area contributed by atoms with Crippen LogP contribution in [0.5, 0.6) is 11.5 Å². The van der Waals surface area contributed by atoms with E-state index in [1.54, 1.807) is 53.3 Å². The van der Waals surface area contributed by atoms with Gasteiger partial charge in [0.15, 0.2) is 9.84 Å². The van der Waals surface area contributed by atoms with Crippen molar-refractivity contribution in [2.75, 3.05) is 27.0 Å². The molecule has 0 radical (unpaired) electrons. The molecule has 0 spiro atoms. The largest absolute Gasteiger partial charge is 0.497 e. The zero-order valence-electron chi connectivity index (χ0n) is 12.6. The van der Waals surface area contributed by atoms with Gasteiger partial charge in [0, 0.05) is 11.6 Å². The van der Waals surface area contributed by atoms with E-state index in [4.69, 9.17) is 9.47 Å². The quantitative estimate of drug-likeness (QED) is 0.832. The van der Waals surface area contributed by atoms with Crippen LogP contribution in [0.25, 0.3) is 0 Å². The van der Waals surface area contributed by atoms with Crippen molar-refractivity contribution in [3.63, 3.8) is 0 Å². The van der Waals surface area contributed by atoms with Crippen molar-refractivity contribution in [2.45, 2.75) is 25.1 Å². The van der Waals surface area contributed by atoms with Crippen LogP contribution < -0.4 is 14.8 Å². The van der Waals surface area contributed by atoms with E-state index in [1.807, 2.05) is 0 Å². The zero-order chi connectivity index (χ0) is 15.3. The predicted molar refractivity (Wildman–Crippen MR) is 80.3 cm³/mol. The molecule has 1 N–H and O–H groups in total. The fraction of sp³-hybridized carbons (Fsp3) is 0.571. The van der Waals surface area contributed by atoms with Crippen molar-refractivity contribution >= 4 is 9.84 Å². The Hall–Kier alpha value is -1.27. The van der Waals surface area contributed by atoms with Crippen LogP contribution in [0.1, 0.15) is 25.5 Å². The second-order valence-electron chi connectivity index (χ2n) is 4.83. The molecule has 0 aliphatic heterocycles. The Morgan fingerprint density at radius 2 is 1.85 bits per heavy atom. The third-order valence-corrected chi connectivity index (χ3v) is 5.51. The van der Waals surface area contributed by atoms with E-state index in [2.05, 4.69) is 5.32 Å². The van der Waals surface area contributed by atoms with Crippen LogP contribution in [-0.4, -0.2) is 40.7 Å². The van der Waals surface area contributed by atoms with E-state index in [9.17, 15) is 8.42 Å². The summed E-state index contributed by atoms with van der Waals surface area (Å²) in [5.41, 5.74) is 0.776. The van der Waals surface area contributed by atoms with Crippen molar-refractivity contribution < 1.29 is 17.9 Å². The van der Waals surface area contributed by atoms with Gasteiger partial charge in [-0.05, 0) is 39.1 Å². The van der Waals surface area contributed by atoms with Crippen LogP contribution in [0.2, 0.25) is 0 Å². The van der Waals surface area contributed by atoms with Crippen LogP contribution in [0.15, 0.2) is 18.2 Å². The van der Waals surface area contributed by atoms with Gasteiger partial charge >= 0.3 is 0 Å². The summed E-state index contributed by atoms with van der Waals surface area (Å²) in [5.74, 6) is 1.33. The number of methoxy groups -OCH3 is 2. The average molecular weight is 301 g/mol. The molecular formula is C14H23NO4S. The summed E-state index contributed by atoms with van der Waals surface area (Å²) in [6, 6.07) is 5.02. The highest BCUT2D eigenvalue weighted by Crippen LogP contribution is 2.30. The van der Waals surface area contributed by atoms with Gasteiger partial charge in [-0.15, -0.1) is 0 Å². The Labute approximate surface area is 121 Å². The molecule has 1 rings (SSSR count). The average Bonchev–Trinajstić information content (AvgIpc) is 2.43. The fourth-order valence-corrected chi connectivity index (χ4v) is 3.06. The molecular weight excluding hydrogens is 278 g/mol. The maximum atomic E-state index is 12.1. The van der Waals surface area contributed by atoms with E-state index in [0.29, 0.717) is 11.5 Å². The van der Waals surface area contributed by atoms with Crippen molar-refractivity contribution in [1.82, 2.24) is 5.32 Å². The second kappa shape index (κ2) is 6.95. The maximum Gasteiger partial charge on any atom is 0.154 e. The molecule has 0 saturated carbocycles. The molecule has 0 heterocycles. The minimum atomic E-state index is -3.16. The highest BCUT2D eigenvalue weighted by atomic mass is 32.2. The van der Waals surface area contributed by atoms with Gasteiger partial charge in [-0.3, -0.25) is 0 Å². The van der Waals surface area contributed by atoms with Gasteiger partial charge in [0.1, 0.15) is 11.5 Å². The predicted octanol–water partition coefficient (Wildman–Crippen LogP) is 1.79. The molecule has 1 aromatic rings. The number of hydrogen-bond donors (Lipinski definition) is 1. The summed E-state index contributed by atoms with van der Waals surface area (Å²) in [6.45, 7) is 3.37. The third kappa shape index (κ3) is 3.86. The van der Waals surface area contributed by atoms with Crippen LogP contribution in [-0.2, 0) is 9.84 Å². The molecule has 0 bridgehead atoms. The van der Waals surface area contributed by atoms with Crippen LogP contribution in [0.3, 0.4) is 0 Å². The standard InChI is InChI=1S/C14H23NO4S/c1-10(2)20(16,17)9-13(15-3)12-8-11(18-4)6-7-14(12)19-5/h6-8,10,13,15H,9H2,1-5H3. The minimum Gasteiger partial charge on any atom is -0.497 e. The summed E-state index contributed by atoms with van der Waals surface area (Å²) in [5, 5.41) is 2.63. The number of hydrogen-bond acceptors (Lipinski definition) is 5. The van der Waals surface area contributed by atoms with Gasteiger partial charge in [0.05, 0.1) is 25.2 Å². The van der Waals surface area contributed by atoms with Gasteiger partial charge in [0.2, 0.25) is 0 Å². The van der Waals surface area contributed by atoms with Crippen LogP contribution in [0.4, 0.5) is 0 Å². The molecule has 0 amide bonds. The normalized spacial score (nSPS) is 13.3. The third-order valence-electron chi connectivity index (χ3n) is 3.28. The van der Waals surface area contributed by atoms with E-state index >= 15 is 0 Å². The van der Waals surface area contributed by atoms with Gasteiger partial charge in [-0.2, -0.15) is 0 Å². The lowest BCUT2D eigenvalue weighted by molar-refractivity contribution is 0.393. The number of benzene rings is 1. The summed E-state index contributed by atoms with van der Waals surface area (Å²) in [4.78, 5) is 0. The molecule has 0 aliphatic rings. The van der Waals surface area contributed by atoms with Crippen LogP contribution in [0, 0.1) is 0 Å². The Morgan fingerprint density at radius 3 is 2.30 bits per heavy atom. The molecule has 114 valence electrons. The fourth-order valence-electron chi connectivity index (χ4n) is 1.87. The first-order chi connectivity index (χ1) is 9.35. The van der Waals surface area contributed by atoms with Crippen molar-refractivity contribution in [2.24, 2.45) is 0 Å². The smallest absolute Gasteiger partial charge is 0.154 e. The monoisotopic (exact) mass is 301 g/mol. The summed E-state index contributed by atoms with van der Waals surface area (Å²) in [7, 11) is 1.71. The van der Waals surface area contributed by atoms with Crippen LogP contribution >= 0.6 is 0 Å². The molecule has 1 aromatic carbocycles. The van der Waals surface area contributed by atoms with E-state index in [-0.39, 0.29) is 11.8 Å². The Bertz CT molecular complexity index is 540. The highest BCUT2D eigenvalue weighted by molar-refractivity contribution is 7.92. The highest BCUT2D eigenvalue weighted by Gasteiger charge is 2.25. The van der Waals surface area contributed by atoms with Crippen molar-refractivity contribution in [1.29, 1.82) is 0 Å². The summed E-state index contributed by atoms with van der Waals surface area (Å²) < 4.78 is 34.7. The van der Waals surface area contributed by atoms with E-state index in [1.165, 1.54) is 0 Å². The molecule has 1 unspecified atom stereocenters. The number of nitrogens with one attached hydrogen (secondary N) is 1. The molecule has 0 aromatic heterocycles. The van der Waals surface area contributed by atoms with Crippen molar-refractivity contribution in [3.05, 3.63) is 23.8 Å². The number of rotatable bonds is 7. The number of sulfone groups is 1. The Balaban J connectivity index is 3.17. The van der Waals surface area contributed by atoms with Gasteiger partial charge in [0.25, 0.3) is 0 Å². The maximum absolute atomic E-state index is 12.1. The molecule has 6 heteroatoms. The first kappa shape index (κ1) is 16.8. The minimum absolute atomic E-state index is 0.0185. The number of ether oxygens (including phenoxy) is 2. The Kier molecular flexibility index (Phi) is 5.83. The summed E-state index contributed by atoms with van der Waals surface area (Å²) in [6.07, 6.45) is 0. The van der Waals surface area contributed by atoms with E-state index in [0.717, 1.165) is 5.56 Å². The Morgan fingerprint density at radius 1 is 1.20 bits per heavy atom. The molecule has 0 saturated heterocycles. The molecule has 5 nitrogen and oxygen atoms in total. The lowest BCUT2D eigenvalue weighted by Gasteiger charge is -2.21. The zero-order valence-corrected chi connectivity index (χ0v) is 13.5. The topological polar surface area (TPSA) is 64.6 Å². The molecule has 20 heavy (non-hydrogen) atoms. The van der Waals surface area contributed by atoms with Gasteiger partial charge in [-0.1, -0.05) is 0 Å². The van der Waals surface area contributed by atoms with Gasteiger partial charge in [-0.25, -0.2) is 8.42 Å². The SMILES string of the molecule is CNC(CS(=O)(=O)C(C)C)c1cc(OC)ccc1OC. The molecule has 0 aliphatic carbocycles. The lowest BCUT2D eigenvalue weighted by atomic mass is 10.1. The van der Waals surface area contributed by atoms with Crippen molar-refractivity contribution in [3.8, 4) is 11.5 Å². The first-order valence-electron chi connectivity index (χ1n) is 6.46. The summed E-state index contributed by atoms with van der Waals surface area (Å²) >= 11 is 0. The molecule has 1 atom stereocenters. The van der Waals surface area contributed by atoms with E-state index < -0.39 is 15.1 Å². The first-order valence-corrected chi connectivity index (χ1v) is 8.18. The second-order valence-corrected chi connectivity index (χ2v) is 7.43. The lowest BCUT2D eigenvalue weighted by Crippen LogP contribution is -2.29. The van der Waals surface area contributed by atoms with Gasteiger partial charge < -0.3 is 14.8 Å². The molecule has 0 fully saturated rings.